The maximum Gasteiger partial charge on any atom is 0.153 e. The highest BCUT2D eigenvalue weighted by Crippen LogP contribution is 2.28. The molecule has 3 N–H and O–H groups in total. The number of hydrogen-bond acceptors (Lipinski definition) is 4. The maximum atomic E-state index is 6.05. The van der Waals surface area contributed by atoms with Crippen molar-refractivity contribution in [3.63, 3.8) is 0 Å². The number of anilines is 3. The molecule has 0 radical (unpaired) electrons. The number of benzene rings is 1. The molecule has 100 valence electrons. The number of nitrogens with one attached hydrogen (secondary N) is 1. The lowest BCUT2D eigenvalue weighted by molar-refractivity contribution is 1.28. The van der Waals surface area contributed by atoms with Gasteiger partial charge >= 0.3 is 0 Å². The Labute approximate surface area is 125 Å². The minimum absolute atomic E-state index is 0.654. The van der Waals surface area contributed by atoms with Crippen molar-refractivity contribution in [3.05, 3.63) is 52.8 Å². The molecule has 0 fully saturated rings. The van der Waals surface area contributed by atoms with Gasteiger partial charge in [0.05, 0.1) is 16.9 Å². The monoisotopic (exact) mass is 328 g/mol. The Bertz CT molecular complexity index is 786. The number of fused-ring (bicyclic) bond motifs is 1. The van der Waals surface area contributed by atoms with Gasteiger partial charge in [-0.1, -0.05) is 12.1 Å². The van der Waals surface area contributed by atoms with Crippen molar-refractivity contribution in [2.75, 3.05) is 11.1 Å². The van der Waals surface area contributed by atoms with Crippen LogP contribution in [-0.4, -0.2) is 9.97 Å². The number of pyridine rings is 2. The molecule has 0 saturated heterocycles. The number of nitrogens with zero attached hydrogens (tertiary/aromatic N) is 2. The van der Waals surface area contributed by atoms with Crippen LogP contribution in [0.15, 0.2) is 47.2 Å². The molecule has 3 rings (SSSR count). The standard InChI is InChI=1S/C15H13BrN4/c1-9-5-6-18-15(13(9)17)20-12-4-2-3-10-7-11(16)8-19-14(10)12/h2-8H,17H2,1H3,(H,18,20). The van der Waals surface area contributed by atoms with Gasteiger partial charge < -0.3 is 11.1 Å². The van der Waals surface area contributed by atoms with Gasteiger partial charge in [0.15, 0.2) is 5.82 Å². The molecule has 5 heteroatoms. The van der Waals surface area contributed by atoms with E-state index >= 15 is 0 Å². The third-order valence-electron chi connectivity index (χ3n) is 3.14. The van der Waals surface area contributed by atoms with E-state index in [9.17, 15) is 0 Å². The minimum Gasteiger partial charge on any atom is -0.396 e. The normalized spacial score (nSPS) is 10.7. The largest absolute Gasteiger partial charge is 0.396 e. The second kappa shape index (κ2) is 5.09. The smallest absolute Gasteiger partial charge is 0.153 e. The van der Waals surface area contributed by atoms with Crippen LogP contribution in [0.25, 0.3) is 10.9 Å². The molecule has 0 saturated carbocycles. The van der Waals surface area contributed by atoms with Gasteiger partial charge in [-0.3, -0.25) is 4.98 Å². The number of aryl methyl sites for hydroxylation is 1. The van der Waals surface area contributed by atoms with Gasteiger partial charge in [-0.15, -0.1) is 0 Å². The molecule has 0 aliphatic heterocycles. The quantitative estimate of drug-likeness (QED) is 0.745. The average Bonchev–Trinajstić information content (AvgIpc) is 2.44. The summed E-state index contributed by atoms with van der Waals surface area (Å²) in [6.45, 7) is 1.96. The molecule has 20 heavy (non-hydrogen) atoms. The number of nitrogen functional groups attached to an aromatic ring is 1. The molecule has 1 aromatic carbocycles. The van der Waals surface area contributed by atoms with E-state index in [1.165, 1.54) is 0 Å². The Morgan fingerprint density at radius 3 is 2.90 bits per heavy atom. The van der Waals surface area contributed by atoms with Gasteiger partial charge in [-0.05, 0) is 46.6 Å². The fraction of sp³-hybridized carbons (Fsp3) is 0.0667. The average molecular weight is 329 g/mol. The van der Waals surface area contributed by atoms with Crippen molar-refractivity contribution in [3.8, 4) is 0 Å². The lowest BCUT2D eigenvalue weighted by Crippen LogP contribution is -2.01. The van der Waals surface area contributed by atoms with Crippen LogP contribution in [0.1, 0.15) is 5.56 Å². The Morgan fingerprint density at radius 1 is 1.20 bits per heavy atom. The van der Waals surface area contributed by atoms with Crippen LogP contribution in [0.5, 0.6) is 0 Å². The lowest BCUT2D eigenvalue weighted by atomic mass is 10.2. The molecule has 2 aromatic heterocycles. The van der Waals surface area contributed by atoms with Crippen molar-refractivity contribution in [1.82, 2.24) is 9.97 Å². The Kier molecular flexibility index (Phi) is 3.28. The van der Waals surface area contributed by atoms with Crippen molar-refractivity contribution in [2.45, 2.75) is 6.92 Å². The Balaban J connectivity index is 2.09. The number of halogens is 1. The van der Waals surface area contributed by atoms with Crippen molar-refractivity contribution < 1.29 is 0 Å². The third-order valence-corrected chi connectivity index (χ3v) is 3.57. The Morgan fingerprint density at radius 2 is 2.05 bits per heavy atom. The summed E-state index contributed by atoms with van der Waals surface area (Å²) in [6.07, 6.45) is 3.52. The molecular formula is C15H13BrN4. The summed E-state index contributed by atoms with van der Waals surface area (Å²) in [5.41, 5.74) is 9.47. The van der Waals surface area contributed by atoms with Gasteiger partial charge in [0, 0.05) is 22.3 Å². The van der Waals surface area contributed by atoms with E-state index in [-0.39, 0.29) is 0 Å². The van der Waals surface area contributed by atoms with E-state index in [1.807, 2.05) is 37.3 Å². The fourth-order valence-corrected chi connectivity index (χ4v) is 2.38. The highest BCUT2D eigenvalue weighted by atomic mass is 79.9. The predicted octanol–water partition coefficient (Wildman–Crippen LogP) is 4.03. The molecule has 4 nitrogen and oxygen atoms in total. The van der Waals surface area contributed by atoms with Crippen LogP contribution < -0.4 is 11.1 Å². The topological polar surface area (TPSA) is 63.8 Å². The summed E-state index contributed by atoms with van der Waals surface area (Å²) in [5, 5.41) is 4.31. The minimum atomic E-state index is 0.654. The maximum absolute atomic E-state index is 6.05. The van der Waals surface area contributed by atoms with Crippen LogP contribution >= 0.6 is 15.9 Å². The van der Waals surface area contributed by atoms with E-state index < -0.39 is 0 Å². The number of hydrogen-bond donors (Lipinski definition) is 2. The van der Waals surface area contributed by atoms with Crippen molar-refractivity contribution in [1.29, 1.82) is 0 Å². The van der Waals surface area contributed by atoms with Gasteiger partial charge in [-0.25, -0.2) is 4.98 Å². The van der Waals surface area contributed by atoms with E-state index in [0.29, 0.717) is 11.5 Å². The van der Waals surface area contributed by atoms with Crippen LogP contribution in [0.4, 0.5) is 17.2 Å². The number of para-hydroxylation sites is 1. The molecule has 0 bridgehead atoms. The van der Waals surface area contributed by atoms with Crippen LogP contribution in [0, 0.1) is 6.92 Å². The lowest BCUT2D eigenvalue weighted by Gasteiger charge is -2.11. The fourth-order valence-electron chi connectivity index (χ4n) is 2.03. The first-order valence-electron chi connectivity index (χ1n) is 6.17. The molecule has 0 atom stereocenters. The first-order chi connectivity index (χ1) is 9.65. The zero-order valence-corrected chi connectivity index (χ0v) is 12.5. The summed E-state index contributed by atoms with van der Waals surface area (Å²) < 4.78 is 0.954. The number of aromatic nitrogens is 2. The van der Waals surface area contributed by atoms with Gasteiger partial charge in [0.2, 0.25) is 0 Å². The van der Waals surface area contributed by atoms with E-state index in [4.69, 9.17) is 5.73 Å². The first-order valence-corrected chi connectivity index (χ1v) is 6.97. The molecule has 0 spiro atoms. The number of rotatable bonds is 2. The van der Waals surface area contributed by atoms with Gasteiger partial charge in [0.25, 0.3) is 0 Å². The summed E-state index contributed by atoms with van der Waals surface area (Å²) in [5.74, 6) is 0.655. The zero-order valence-electron chi connectivity index (χ0n) is 10.9. The zero-order chi connectivity index (χ0) is 14.1. The van der Waals surface area contributed by atoms with Crippen LogP contribution in [-0.2, 0) is 0 Å². The molecule has 3 aromatic rings. The molecule has 0 aliphatic carbocycles. The van der Waals surface area contributed by atoms with Crippen LogP contribution in [0.3, 0.4) is 0 Å². The second-order valence-electron chi connectivity index (χ2n) is 4.55. The SMILES string of the molecule is Cc1ccnc(Nc2cccc3cc(Br)cnc23)c1N. The third kappa shape index (κ3) is 2.32. The molecule has 2 heterocycles. The Hall–Kier alpha value is -2.14. The van der Waals surface area contributed by atoms with Gasteiger partial charge in [0.1, 0.15) is 0 Å². The summed E-state index contributed by atoms with van der Waals surface area (Å²) in [4.78, 5) is 8.74. The summed E-state index contributed by atoms with van der Waals surface area (Å²) >= 11 is 3.43. The predicted molar refractivity (Wildman–Crippen MR) is 86.1 cm³/mol. The molecule has 0 aliphatic rings. The first kappa shape index (κ1) is 12.9. The molecular weight excluding hydrogens is 316 g/mol. The van der Waals surface area contributed by atoms with Crippen molar-refractivity contribution >= 4 is 44.0 Å². The highest BCUT2D eigenvalue weighted by Gasteiger charge is 2.07. The number of nitrogens with two attached hydrogens (primary N) is 1. The summed E-state index contributed by atoms with van der Waals surface area (Å²) in [6, 6.07) is 9.88. The van der Waals surface area contributed by atoms with E-state index in [1.54, 1.807) is 12.4 Å². The van der Waals surface area contributed by atoms with E-state index in [2.05, 4.69) is 31.2 Å². The molecule has 0 amide bonds. The van der Waals surface area contributed by atoms with E-state index in [0.717, 1.165) is 26.6 Å². The van der Waals surface area contributed by atoms with Gasteiger partial charge in [-0.2, -0.15) is 0 Å². The second-order valence-corrected chi connectivity index (χ2v) is 5.46. The highest BCUT2D eigenvalue weighted by molar-refractivity contribution is 9.10. The van der Waals surface area contributed by atoms with Crippen LogP contribution in [0.2, 0.25) is 0 Å². The summed E-state index contributed by atoms with van der Waals surface area (Å²) in [7, 11) is 0. The molecule has 0 unspecified atom stereocenters. The van der Waals surface area contributed by atoms with Crippen molar-refractivity contribution in [2.24, 2.45) is 0 Å².